The van der Waals surface area contributed by atoms with Crippen LogP contribution in [0.15, 0.2) is 12.2 Å². The van der Waals surface area contributed by atoms with Crippen LogP contribution in [0.5, 0.6) is 0 Å². The van der Waals surface area contributed by atoms with E-state index >= 15 is 0 Å². The van der Waals surface area contributed by atoms with Crippen molar-refractivity contribution in [2.75, 3.05) is 6.54 Å². The molecule has 20 heavy (non-hydrogen) atoms. The molecule has 5 nitrogen and oxygen atoms in total. The molecule has 0 radical (unpaired) electrons. The van der Waals surface area contributed by atoms with E-state index in [-0.39, 0.29) is 41.9 Å². The molecule has 2 amide bonds. The molecule has 1 aliphatic heterocycles. The van der Waals surface area contributed by atoms with Gasteiger partial charge in [-0.25, -0.2) is 0 Å². The lowest BCUT2D eigenvalue weighted by atomic mass is 9.85. The Morgan fingerprint density at radius 3 is 2.25 bits per heavy atom. The summed E-state index contributed by atoms with van der Waals surface area (Å²) in [7, 11) is 0. The van der Waals surface area contributed by atoms with Crippen LogP contribution in [-0.4, -0.2) is 34.3 Å². The number of carbonyl (C=O) groups excluding carboxylic acids is 2. The van der Waals surface area contributed by atoms with Gasteiger partial charge in [0.05, 0.1) is 11.8 Å². The lowest BCUT2D eigenvalue weighted by Crippen LogP contribution is -2.33. The molecule has 2 aliphatic carbocycles. The molecule has 108 valence electrons. The highest BCUT2D eigenvalue weighted by Gasteiger charge is 2.58. The fourth-order valence-electron chi connectivity index (χ4n) is 3.91. The molecule has 3 aliphatic rings. The summed E-state index contributed by atoms with van der Waals surface area (Å²) < 4.78 is 0. The summed E-state index contributed by atoms with van der Waals surface area (Å²) in [5.41, 5.74) is 0. The van der Waals surface area contributed by atoms with E-state index in [1.54, 1.807) is 0 Å². The number of carboxylic acid groups (broad SMARTS) is 1. The van der Waals surface area contributed by atoms with Crippen LogP contribution in [0.25, 0.3) is 0 Å². The molecule has 0 aromatic rings. The van der Waals surface area contributed by atoms with Crippen LogP contribution in [-0.2, 0) is 14.4 Å². The standard InChI is InChI=1S/C15H19NO4/c17-11(18)4-2-1-3-7-16-14(19)12-9-5-6-10(8-9)13(12)15(16)20/h5-6,9-10,12-13H,1-4,7-8H2,(H,17,18)/t9-,10-,12-,13-/m0/s1. The summed E-state index contributed by atoms with van der Waals surface area (Å²) in [5.74, 6) is -0.509. The van der Waals surface area contributed by atoms with Crippen molar-refractivity contribution in [3.05, 3.63) is 12.2 Å². The molecule has 0 spiro atoms. The van der Waals surface area contributed by atoms with Gasteiger partial charge in [0.15, 0.2) is 0 Å². The Morgan fingerprint density at radius 1 is 1.10 bits per heavy atom. The van der Waals surface area contributed by atoms with Crippen molar-refractivity contribution in [3.63, 3.8) is 0 Å². The highest BCUT2D eigenvalue weighted by Crippen LogP contribution is 2.52. The first-order chi connectivity index (χ1) is 9.59. The van der Waals surface area contributed by atoms with Gasteiger partial charge >= 0.3 is 5.97 Å². The molecular formula is C15H19NO4. The van der Waals surface area contributed by atoms with Gasteiger partial charge in [0.25, 0.3) is 0 Å². The number of fused-ring (bicyclic) bond motifs is 5. The Hall–Kier alpha value is -1.65. The molecule has 0 unspecified atom stereocenters. The third-order valence-corrected chi connectivity index (χ3v) is 4.83. The maximum atomic E-state index is 12.3. The van der Waals surface area contributed by atoms with Gasteiger partial charge in [-0.15, -0.1) is 0 Å². The van der Waals surface area contributed by atoms with Crippen molar-refractivity contribution in [1.82, 2.24) is 4.90 Å². The van der Waals surface area contributed by atoms with Crippen molar-refractivity contribution < 1.29 is 19.5 Å². The number of likely N-dealkylation sites (tertiary alicyclic amines) is 1. The summed E-state index contributed by atoms with van der Waals surface area (Å²) in [5, 5.41) is 8.56. The highest BCUT2D eigenvalue weighted by atomic mass is 16.4. The van der Waals surface area contributed by atoms with E-state index in [9.17, 15) is 14.4 Å². The topological polar surface area (TPSA) is 74.7 Å². The Bertz CT molecular complexity index is 454. The maximum absolute atomic E-state index is 12.3. The number of rotatable bonds is 6. The second-order valence-corrected chi connectivity index (χ2v) is 6.03. The number of carbonyl (C=O) groups is 3. The number of nitrogens with zero attached hydrogens (tertiary/aromatic N) is 1. The van der Waals surface area contributed by atoms with Crippen LogP contribution in [0.4, 0.5) is 0 Å². The SMILES string of the molecule is O=C(O)CCCCCN1C(=O)[C@@H]2[C@@H](C1=O)[C@H]1C=C[C@H]2C1. The quantitative estimate of drug-likeness (QED) is 0.453. The van der Waals surface area contributed by atoms with E-state index in [1.165, 1.54) is 4.90 Å². The molecule has 0 aromatic carbocycles. The zero-order valence-electron chi connectivity index (χ0n) is 11.3. The molecule has 3 rings (SSSR count). The minimum Gasteiger partial charge on any atom is -0.481 e. The van der Waals surface area contributed by atoms with Crippen LogP contribution in [0.2, 0.25) is 0 Å². The van der Waals surface area contributed by atoms with E-state index in [2.05, 4.69) is 12.2 Å². The first kappa shape index (κ1) is 13.3. The third kappa shape index (κ3) is 2.05. The van der Waals surface area contributed by atoms with E-state index in [0.29, 0.717) is 19.4 Å². The monoisotopic (exact) mass is 277 g/mol. The number of unbranched alkanes of at least 4 members (excludes halogenated alkanes) is 2. The third-order valence-electron chi connectivity index (χ3n) is 4.83. The van der Waals surface area contributed by atoms with Gasteiger partial charge in [-0.05, 0) is 31.1 Å². The van der Waals surface area contributed by atoms with Gasteiger partial charge in [0.2, 0.25) is 11.8 Å². The molecule has 4 atom stereocenters. The average Bonchev–Trinajstić information content (AvgIpc) is 3.06. The fourth-order valence-corrected chi connectivity index (χ4v) is 3.91. The summed E-state index contributed by atoms with van der Waals surface area (Å²) in [4.78, 5) is 36.5. The van der Waals surface area contributed by atoms with Crippen molar-refractivity contribution in [2.24, 2.45) is 23.7 Å². The molecular weight excluding hydrogens is 258 g/mol. The zero-order valence-corrected chi connectivity index (χ0v) is 11.3. The Kier molecular flexibility index (Phi) is 3.36. The van der Waals surface area contributed by atoms with Gasteiger partial charge in [0.1, 0.15) is 0 Å². The molecule has 1 N–H and O–H groups in total. The number of hydrogen-bond donors (Lipinski definition) is 1. The summed E-state index contributed by atoms with van der Waals surface area (Å²) in [6.45, 7) is 0.448. The molecule has 1 saturated carbocycles. The van der Waals surface area contributed by atoms with E-state index in [4.69, 9.17) is 5.11 Å². The van der Waals surface area contributed by atoms with Crippen molar-refractivity contribution in [1.29, 1.82) is 0 Å². The molecule has 2 fully saturated rings. The second kappa shape index (κ2) is 5.04. The first-order valence-corrected chi connectivity index (χ1v) is 7.35. The van der Waals surface area contributed by atoms with Crippen LogP contribution in [0.3, 0.4) is 0 Å². The highest BCUT2D eigenvalue weighted by molar-refractivity contribution is 6.06. The molecule has 5 heteroatoms. The first-order valence-electron chi connectivity index (χ1n) is 7.35. The number of carboxylic acids is 1. The normalized spacial score (nSPS) is 34.1. The molecule has 0 aromatic heterocycles. The van der Waals surface area contributed by atoms with Crippen molar-refractivity contribution >= 4 is 17.8 Å². The number of aliphatic carboxylic acids is 1. The summed E-state index contributed by atoms with van der Waals surface area (Å²) in [6.07, 6.45) is 7.34. The van der Waals surface area contributed by atoms with E-state index < -0.39 is 5.97 Å². The molecule has 2 bridgehead atoms. The van der Waals surface area contributed by atoms with Crippen molar-refractivity contribution in [3.8, 4) is 0 Å². The van der Waals surface area contributed by atoms with Crippen LogP contribution >= 0.6 is 0 Å². The fraction of sp³-hybridized carbons (Fsp3) is 0.667. The average molecular weight is 277 g/mol. The number of imide groups is 1. The maximum Gasteiger partial charge on any atom is 0.303 e. The van der Waals surface area contributed by atoms with E-state index in [0.717, 1.165) is 12.8 Å². The van der Waals surface area contributed by atoms with Gasteiger partial charge in [-0.2, -0.15) is 0 Å². The van der Waals surface area contributed by atoms with Gasteiger partial charge in [-0.3, -0.25) is 19.3 Å². The lowest BCUT2D eigenvalue weighted by molar-refractivity contribution is -0.141. The summed E-state index contributed by atoms with van der Waals surface area (Å²) >= 11 is 0. The Labute approximate surface area is 117 Å². The Balaban J connectivity index is 1.53. The zero-order chi connectivity index (χ0) is 14.3. The number of hydrogen-bond acceptors (Lipinski definition) is 3. The minimum atomic E-state index is -0.796. The number of allylic oxidation sites excluding steroid dienone is 2. The Morgan fingerprint density at radius 2 is 1.70 bits per heavy atom. The summed E-state index contributed by atoms with van der Waals surface area (Å²) in [6, 6.07) is 0. The molecule has 1 saturated heterocycles. The van der Waals surface area contributed by atoms with Gasteiger partial charge < -0.3 is 5.11 Å². The molecule has 1 heterocycles. The van der Waals surface area contributed by atoms with Gasteiger partial charge in [0, 0.05) is 13.0 Å². The number of amides is 2. The van der Waals surface area contributed by atoms with Crippen LogP contribution in [0.1, 0.15) is 32.1 Å². The van der Waals surface area contributed by atoms with Crippen molar-refractivity contribution in [2.45, 2.75) is 32.1 Å². The van der Waals surface area contributed by atoms with E-state index in [1.807, 2.05) is 0 Å². The van der Waals surface area contributed by atoms with Gasteiger partial charge in [-0.1, -0.05) is 18.6 Å². The minimum absolute atomic E-state index is 0.00455. The van der Waals surface area contributed by atoms with Crippen LogP contribution < -0.4 is 0 Å². The lowest BCUT2D eigenvalue weighted by Gasteiger charge is -2.16. The largest absolute Gasteiger partial charge is 0.481 e. The predicted molar refractivity (Wildman–Crippen MR) is 70.5 cm³/mol. The smallest absolute Gasteiger partial charge is 0.303 e. The van der Waals surface area contributed by atoms with Crippen LogP contribution in [0, 0.1) is 23.7 Å². The second-order valence-electron chi connectivity index (χ2n) is 6.03. The predicted octanol–water partition coefficient (Wildman–Crippen LogP) is 1.44.